The summed E-state index contributed by atoms with van der Waals surface area (Å²) < 4.78 is 0. The van der Waals surface area contributed by atoms with Crippen LogP contribution in [0.15, 0.2) is 6.20 Å². The Labute approximate surface area is 129 Å². The first kappa shape index (κ1) is 15.5. The van der Waals surface area contributed by atoms with Gasteiger partial charge in [0.25, 0.3) is 5.91 Å². The van der Waals surface area contributed by atoms with Crippen LogP contribution in [0.5, 0.6) is 0 Å². The number of hydrogen-bond donors (Lipinski definition) is 0. The number of aryl methyl sites for hydroxylation is 1. The summed E-state index contributed by atoms with van der Waals surface area (Å²) in [4.78, 5) is 20.6. The zero-order chi connectivity index (χ0) is 14.9. The SMILES string of the molecule is Cc1ncc(C(=O)N2CC[C@H](CN(C)C)C2)c(Cl)c1Cl. The van der Waals surface area contributed by atoms with Crippen molar-refractivity contribution >= 4 is 29.1 Å². The first-order chi connectivity index (χ1) is 9.40. The van der Waals surface area contributed by atoms with Gasteiger partial charge in [0.1, 0.15) is 0 Å². The predicted octanol–water partition coefficient (Wildman–Crippen LogP) is 2.72. The van der Waals surface area contributed by atoms with Crippen molar-refractivity contribution in [1.29, 1.82) is 0 Å². The maximum Gasteiger partial charge on any atom is 0.257 e. The monoisotopic (exact) mass is 315 g/mol. The summed E-state index contributed by atoms with van der Waals surface area (Å²) >= 11 is 12.2. The fourth-order valence-corrected chi connectivity index (χ4v) is 2.97. The van der Waals surface area contributed by atoms with Gasteiger partial charge < -0.3 is 9.80 Å². The van der Waals surface area contributed by atoms with Crippen molar-refractivity contribution in [3.63, 3.8) is 0 Å². The Morgan fingerprint density at radius 1 is 1.45 bits per heavy atom. The highest BCUT2D eigenvalue weighted by atomic mass is 35.5. The smallest absolute Gasteiger partial charge is 0.257 e. The number of carbonyl (C=O) groups excluding carboxylic acids is 1. The highest BCUT2D eigenvalue weighted by Crippen LogP contribution is 2.29. The Morgan fingerprint density at radius 3 is 2.80 bits per heavy atom. The van der Waals surface area contributed by atoms with Crippen LogP contribution in [-0.2, 0) is 0 Å². The number of likely N-dealkylation sites (tertiary alicyclic amines) is 1. The highest BCUT2D eigenvalue weighted by Gasteiger charge is 2.29. The zero-order valence-corrected chi connectivity index (χ0v) is 13.5. The largest absolute Gasteiger partial charge is 0.338 e. The standard InChI is InChI=1S/C14H19Cl2N3O/c1-9-12(15)13(16)11(6-17-9)14(20)19-5-4-10(8-19)7-18(2)3/h6,10H,4-5,7-8H2,1-3H3/t10-/m1/s1. The maximum absolute atomic E-state index is 12.5. The molecule has 0 bridgehead atoms. The van der Waals surface area contributed by atoms with Crippen LogP contribution in [0.2, 0.25) is 10.0 Å². The molecular weight excluding hydrogens is 297 g/mol. The van der Waals surface area contributed by atoms with E-state index < -0.39 is 0 Å². The topological polar surface area (TPSA) is 36.4 Å². The molecule has 1 fully saturated rings. The molecular formula is C14H19Cl2N3O. The Kier molecular flexibility index (Phi) is 4.89. The second-order valence-electron chi connectivity index (χ2n) is 5.55. The summed E-state index contributed by atoms with van der Waals surface area (Å²) in [6.45, 7) is 4.29. The van der Waals surface area contributed by atoms with Crippen molar-refractivity contribution in [3.05, 3.63) is 27.5 Å². The average Bonchev–Trinajstić information content (AvgIpc) is 2.83. The maximum atomic E-state index is 12.5. The molecule has 20 heavy (non-hydrogen) atoms. The van der Waals surface area contributed by atoms with E-state index in [1.165, 1.54) is 6.20 Å². The molecule has 0 N–H and O–H groups in total. The molecule has 2 heterocycles. The van der Waals surface area contributed by atoms with Crippen LogP contribution in [0.1, 0.15) is 22.5 Å². The lowest BCUT2D eigenvalue weighted by atomic mass is 10.1. The first-order valence-corrected chi connectivity index (χ1v) is 7.40. The second-order valence-corrected chi connectivity index (χ2v) is 6.31. The number of rotatable bonds is 3. The average molecular weight is 316 g/mol. The first-order valence-electron chi connectivity index (χ1n) is 6.64. The van der Waals surface area contributed by atoms with Crippen LogP contribution in [-0.4, -0.2) is 54.4 Å². The van der Waals surface area contributed by atoms with Crippen molar-refractivity contribution < 1.29 is 4.79 Å². The van der Waals surface area contributed by atoms with E-state index in [-0.39, 0.29) is 5.91 Å². The Balaban J connectivity index is 2.11. The van der Waals surface area contributed by atoms with Crippen LogP contribution in [0.25, 0.3) is 0 Å². The van der Waals surface area contributed by atoms with E-state index in [1.54, 1.807) is 6.92 Å². The number of amides is 1. The molecule has 0 spiro atoms. The van der Waals surface area contributed by atoms with Gasteiger partial charge in [-0.05, 0) is 33.4 Å². The fourth-order valence-electron chi connectivity index (χ4n) is 2.55. The number of hydrogen-bond acceptors (Lipinski definition) is 3. The van der Waals surface area contributed by atoms with Gasteiger partial charge in [0.05, 0.1) is 21.3 Å². The van der Waals surface area contributed by atoms with Crippen LogP contribution in [0, 0.1) is 12.8 Å². The Bertz CT molecular complexity index is 519. The minimum absolute atomic E-state index is 0.0781. The Hall–Kier alpha value is -0.840. The van der Waals surface area contributed by atoms with Crippen molar-refractivity contribution in [2.45, 2.75) is 13.3 Å². The van der Waals surface area contributed by atoms with E-state index in [2.05, 4.69) is 9.88 Å². The number of carbonyl (C=O) groups is 1. The van der Waals surface area contributed by atoms with Crippen molar-refractivity contribution in [3.8, 4) is 0 Å². The molecule has 2 rings (SSSR count). The molecule has 110 valence electrons. The number of halogens is 2. The summed E-state index contributed by atoms with van der Waals surface area (Å²) in [5.41, 5.74) is 1.04. The van der Waals surface area contributed by atoms with Crippen LogP contribution in [0.3, 0.4) is 0 Å². The van der Waals surface area contributed by atoms with Gasteiger partial charge in [-0.2, -0.15) is 0 Å². The molecule has 1 aromatic rings. The molecule has 1 aliphatic heterocycles. The van der Waals surface area contributed by atoms with E-state index >= 15 is 0 Å². The van der Waals surface area contributed by atoms with Gasteiger partial charge in [-0.1, -0.05) is 23.2 Å². The summed E-state index contributed by atoms with van der Waals surface area (Å²) in [6.07, 6.45) is 2.54. The van der Waals surface area contributed by atoms with Gasteiger partial charge in [0.2, 0.25) is 0 Å². The molecule has 0 unspecified atom stereocenters. The number of pyridine rings is 1. The third kappa shape index (κ3) is 3.25. The van der Waals surface area contributed by atoms with Crippen LogP contribution in [0.4, 0.5) is 0 Å². The summed E-state index contributed by atoms with van der Waals surface area (Å²) in [5, 5.41) is 0.668. The van der Waals surface area contributed by atoms with Crippen LogP contribution < -0.4 is 0 Å². The number of nitrogens with zero attached hydrogens (tertiary/aromatic N) is 3. The molecule has 0 aliphatic carbocycles. The fraction of sp³-hybridized carbons (Fsp3) is 0.571. The summed E-state index contributed by atoms with van der Waals surface area (Å²) in [7, 11) is 4.09. The van der Waals surface area contributed by atoms with Gasteiger partial charge >= 0.3 is 0 Å². The van der Waals surface area contributed by atoms with E-state index in [0.717, 1.165) is 26.1 Å². The molecule has 0 saturated carbocycles. The third-order valence-electron chi connectivity index (χ3n) is 3.56. The second kappa shape index (κ2) is 6.29. The van der Waals surface area contributed by atoms with Gasteiger partial charge in [0, 0.05) is 25.8 Å². The molecule has 0 aromatic carbocycles. The minimum Gasteiger partial charge on any atom is -0.338 e. The van der Waals surface area contributed by atoms with Crippen molar-refractivity contribution in [2.75, 3.05) is 33.7 Å². The molecule has 1 saturated heterocycles. The lowest BCUT2D eigenvalue weighted by Gasteiger charge is -2.19. The molecule has 1 atom stereocenters. The van der Waals surface area contributed by atoms with Crippen molar-refractivity contribution in [2.24, 2.45) is 5.92 Å². The molecule has 6 heteroatoms. The Morgan fingerprint density at radius 2 is 2.15 bits per heavy atom. The molecule has 1 amide bonds. The van der Waals surface area contributed by atoms with Crippen LogP contribution >= 0.6 is 23.2 Å². The van der Waals surface area contributed by atoms with Crippen molar-refractivity contribution in [1.82, 2.24) is 14.8 Å². The van der Waals surface area contributed by atoms with Gasteiger partial charge in [0.15, 0.2) is 0 Å². The summed E-state index contributed by atoms with van der Waals surface area (Å²) in [6, 6.07) is 0. The van der Waals surface area contributed by atoms with Gasteiger partial charge in [-0.25, -0.2) is 0 Å². The van der Waals surface area contributed by atoms with Gasteiger partial charge in [-0.3, -0.25) is 9.78 Å². The summed E-state index contributed by atoms with van der Waals surface area (Å²) in [5.74, 6) is 0.437. The lowest BCUT2D eigenvalue weighted by Crippen LogP contribution is -2.31. The zero-order valence-electron chi connectivity index (χ0n) is 12.0. The molecule has 4 nitrogen and oxygen atoms in total. The molecule has 0 radical (unpaired) electrons. The lowest BCUT2D eigenvalue weighted by molar-refractivity contribution is 0.0785. The molecule has 1 aliphatic rings. The minimum atomic E-state index is -0.0781. The van der Waals surface area contributed by atoms with Gasteiger partial charge in [-0.15, -0.1) is 0 Å². The quantitative estimate of drug-likeness (QED) is 0.860. The number of aromatic nitrogens is 1. The normalized spacial score (nSPS) is 18.9. The van der Waals surface area contributed by atoms with E-state index in [4.69, 9.17) is 23.2 Å². The van der Waals surface area contributed by atoms with E-state index in [0.29, 0.717) is 27.2 Å². The third-order valence-corrected chi connectivity index (χ3v) is 4.51. The highest BCUT2D eigenvalue weighted by molar-refractivity contribution is 6.44. The van der Waals surface area contributed by atoms with E-state index in [1.807, 2.05) is 19.0 Å². The predicted molar refractivity (Wildman–Crippen MR) is 81.6 cm³/mol. The van der Waals surface area contributed by atoms with E-state index in [9.17, 15) is 4.79 Å². The molecule has 1 aromatic heterocycles.